The van der Waals surface area contributed by atoms with Crippen molar-refractivity contribution in [1.29, 1.82) is 0 Å². The van der Waals surface area contributed by atoms with Gasteiger partial charge in [0.05, 0.1) is 5.75 Å². The maximum Gasteiger partial charge on any atom is 0.234 e. The minimum atomic E-state index is -0.216. The Hall–Kier alpha value is -3.58. The molecule has 154 valence electrons. The molecular formula is C24H17NO5S. The van der Waals surface area contributed by atoms with Crippen LogP contribution in [0.2, 0.25) is 0 Å². The van der Waals surface area contributed by atoms with E-state index < -0.39 is 0 Å². The van der Waals surface area contributed by atoms with Crippen molar-refractivity contribution in [1.82, 2.24) is 0 Å². The number of hydrogen-bond donors (Lipinski definition) is 1. The number of benzene rings is 3. The first-order chi connectivity index (χ1) is 15.1. The predicted molar refractivity (Wildman–Crippen MR) is 117 cm³/mol. The lowest BCUT2D eigenvalue weighted by Gasteiger charge is -2.19. The predicted octanol–water partition coefficient (Wildman–Crippen LogP) is 3.96. The van der Waals surface area contributed by atoms with Crippen LogP contribution in [0.3, 0.4) is 0 Å². The van der Waals surface area contributed by atoms with E-state index in [-0.39, 0.29) is 23.2 Å². The summed E-state index contributed by atoms with van der Waals surface area (Å²) in [5.41, 5.74) is 1.94. The molecule has 3 aromatic rings. The normalized spacial score (nSPS) is 13.9. The summed E-state index contributed by atoms with van der Waals surface area (Å²) in [5, 5.41) is 2.80. The van der Waals surface area contributed by atoms with Gasteiger partial charge in [-0.05, 0) is 36.4 Å². The van der Waals surface area contributed by atoms with E-state index in [0.29, 0.717) is 52.7 Å². The van der Waals surface area contributed by atoms with Gasteiger partial charge in [-0.3, -0.25) is 14.4 Å². The number of nitrogens with one attached hydrogen (secondary N) is 1. The van der Waals surface area contributed by atoms with Crippen molar-refractivity contribution in [3.8, 4) is 11.5 Å². The van der Waals surface area contributed by atoms with Gasteiger partial charge in [0.1, 0.15) is 13.2 Å². The van der Waals surface area contributed by atoms with Gasteiger partial charge in [0.2, 0.25) is 5.91 Å². The fourth-order valence-corrected chi connectivity index (χ4v) is 4.36. The number of fused-ring (bicyclic) bond motifs is 3. The van der Waals surface area contributed by atoms with Crippen molar-refractivity contribution in [3.05, 3.63) is 82.9 Å². The van der Waals surface area contributed by atoms with Crippen molar-refractivity contribution >= 4 is 34.9 Å². The van der Waals surface area contributed by atoms with Crippen molar-refractivity contribution in [2.24, 2.45) is 0 Å². The lowest BCUT2D eigenvalue weighted by molar-refractivity contribution is -0.113. The molecule has 6 nitrogen and oxygen atoms in total. The van der Waals surface area contributed by atoms with Crippen LogP contribution in [0.15, 0.2) is 65.6 Å². The Morgan fingerprint density at radius 2 is 1.48 bits per heavy atom. The Morgan fingerprint density at radius 3 is 2.26 bits per heavy atom. The molecule has 0 saturated heterocycles. The van der Waals surface area contributed by atoms with Crippen LogP contribution in [0.25, 0.3) is 0 Å². The Balaban J connectivity index is 1.28. The van der Waals surface area contributed by atoms with Crippen molar-refractivity contribution < 1.29 is 23.9 Å². The number of carbonyl (C=O) groups is 3. The van der Waals surface area contributed by atoms with Crippen molar-refractivity contribution in [3.63, 3.8) is 0 Å². The molecule has 7 heteroatoms. The monoisotopic (exact) mass is 431 g/mol. The molecule has 0 bridgehead atoms. The Labute approximate surface area is 182 Å². The molecule has 1 aliphatic carbocycles. The minimum absolute atomic E-state index is 0.183. The fraction of sp³-hybridized carbons (Fsp3) is 0.125. The highest BCUT2D eigenvalue weighted by Gasteiger charge is 2.29. The maximum atomic E-state index is 12.8. The summed E-state index contributed by atoms with van der Waals surface area (Å²) in [6, 6.07) is 17.1. The molecule has 1 amide bonds. The molecule has 0 aromatic heterocycles. The molecule has 1 heterocycles. The summed E-state index contributed by atoms with van der Waals surface area (Å²) < 4.78 is 11.1. The van der Waals surface area contributed by atoms with Crippen LogP contribution in [-0.2, 0) is 4.79 Å². The lowest BCUT2D eigenvalue weighted by Crippen LogP contribution is -2.21. The van der Waals surface area contributed by atoms with E-state index in [0.717, 1.165) is 4.90 Å². The van der Waals surface area contributed by atoms with Gasteiger partial charge in [-0.2, -0.15) is 0 Å². The van der Waals surface area contributed by atoms with Gasteiger partial charge in [-0.1, -0.05) is 24.3 Å². The molecule has 1 N–H and O–H groups in total. The highest BCUT2D eigenvalue weighted by molar-refractivity contribution is 8.00. The number of thioether (sulfide) groups is 1. The van der Waals surface area contributed by atoms with E-state index >= 15 is 0 Å². The Kier molecular flexibility index (Phi) is 4.95. The first-order valence-electron chi connectivity index (χ1n) is 9.75. The van der Waals surface area contributed by atoms with Gasteiger partial charge in [-0.15, -0.1) is 11.8 Å². The second-order valence-electron chi connectivity index (χ2n) is 7.11. The summed E-state index contributed by atoms with van der Waals surface area (Å²) in [4.78, 5) is 38.9. The highest BCUT2D eigenvalue weighted by atomic mass is 32.2. The zero-order chi connectivity index (χ0) is 21.4. The summed E-state index contributed by atoms with van der Waals surface area (Å²) in [5.74, 6) is 0.954. The molecule has 0 unspecified atom stereocenters. The highest BCUT2D eigenvalue weighted by Crippen LogP contribution is 2.34. The van der Waals surface area contributed by atoms with Crippen LogP contribution < -0.4 is 14.8 Å². The van der Waals surface area contributed by atoms with Crippen LogP contribution in [0, 0.1) is 0 Å². The van der Waals surface area contributed by atoms with E-state index in [4.69, 9.17) is 9.47 Å². The number of carbonyl (C=O) groups excluding carboxylic acids is 3. The Bertz CT molecular complexity index is 1240. The van der Waals surface area contributed by atoms with Gasteiger partial charge >= 0.3 is 0 Å². The average molecular weight is 431 g/mol. The smallest absolute Gasteiger partial charge is 0.234 e. The van der Waals surface area contributed by atoms with Crippen molar-refractivity contribution in [2.45, 2.75) is 4.90 Å². The van der Waals surface area contributed by atoms with Crippen LogP contribution >= 0.6 is 11.8 Å². The molecule has 0 radical (unpaired) electrons. The number of rotatable bonds is 4. The summed E-state index contributed by atoms with van der Waals surface area (Å²) in [6.07, 6.45) is 0. The summed E-state index contributed by atoms with van der Waals surface area (Å²) >= 11 is 1.37. The average Bonchev–Trinajstić information content (AvgIpc) is 2.81. The van der Waals surface area contributed by atoms with Gasteiger partial charge in [-0.25, -0.2) is 0 Å². The van der Waals surface area contributed by atoms with Gasteiger partial charge in [0.15, 0.2) is 23.1 Å². The number of ketones is 2. The van der Waals surface area contributed by atoms with E-state index in [1.807, 2.05) is 18.2 Å². The molecule has 0 atom stereocenters. The van der Waals surface area contributed by atoms with E-state index in [2.05, 4.69) is 5.32 Å². The molecule has 31 heavy (non-hydrogen) atoms. The molecule has 3 aromatic carbocycles. The lowest BCUT2D eigenvalue weighted by atomic mass is 9.84. The maximum absolute atomic E-state index is 12.8. The van der Waals surface area contributed by atoms with Gasteiger partial charge < -0.3 is 14.8 Å². The summed E-state index contributed by atoms with van der Waals surface area (Å²) in [7, 11) is 0. The first kappa shape index (κ1) is 19.4. The third kappa shape index (κ3) is 3.68. The second kappa shape index (κ2) is 7.92. The minimum Gasteiger partial charge on any atom is -0.486 e. The van der Waals surface area contributed by atoms with Crippen LogP contribution in [0.4, 0.5) is 5.69 Å². The van der Waals surface area contributed by atoms with Crippen LogP contribution in [-0.4, -0.2) is 36.4 Å². The fourth-order valence-electron chi connectivity index (χ4n) is 3.64. The molecule has 2 aliphatic rings. The zero-order valence-electron chi connectivity index (χ0n) is 16.3. The van der Waals surface area contributed by atoms with E-state index in [9.17, 15) is 14.4 Å². The topological polar surface area (TPSA) is 81.7 Å². The Morgan fingerprint density at radius 1 is 0.806 bits per heavy atom. The largest absolute Gasteiger partial charge is 0.486 e. The molecule has 0 spiro atoms. The van der Waals surface area contributed by atoms with Gasteiger partial charge in [0, 0.05) is 32.8 Å². The second-order valence-corrected chi connectivity index (χ2v) is 8.16. The van der Waals surface area contributed by atoms with E-state index in [1.165, 1.54) is 11.8 Å². The number of anilines is 1. The molecule has 5 rings (SSSR count). The third-order valence-corrected chi connectivity index (χ3v) is 6.09. The van der Waals surface area contributed by atoms with Crippen LogP contribution in [0.1, 0.15) is 31.8 Å². The first-order valence-corrected chi connectivity index (χ1v) is 10.7. The summed E-state index contributed by atoms with van der Waals surface area (Å²) in [6.45, 7) is 1.04. The number of amides is 1. The SMILES string of the molecule is O=C(CSc1ccc2c(c1)OCCO2)Nc1ccc2c(c1)C(=O)c1ccccc1C2=O. The molecule has 1 aliphatic heterocycles. The number of ether oxygens (including phenoxy) is 2. The standard InChI is InChI=1S/C24H17NO5S/c26-22(13-31-15-6-8-20-21(12-15)30-10-9-29-20)25-14-5-7-18-19(11-14)24(28)17-4-2-1-3-16(17)23(18)27/h1-8,11-12H,9-10,13H2,(H,25,26). The zero-order valence-corrected chi connectivity index (χ0v) is 17.2. The third-order valence-electron chi connectivity index (χ3n) is 5.09. The quantitative estimate of drug-likeness (QED) is 0.493. The number of hydrogen-bond acceptors (Lipinski definition) is 6. The molecule has 0 saturated carbocycles. The van der Waals surface area contributed by atoms with E-state index in [1.54, 1.807) is 42.5 Å². The van der Waals surface area contributed by atoms with Crippen molar-refractivity contribution in [2.75, 3.05) is 24.3 Å². The van der Waals surface area contributed by atoms with Crippen LogP contribution in [0.5, 0.6) is 11.5 Å². The molecule has 0 fully saturated rings. The molecular weight excluding hydrogens is 414 g/mol. The van der Waals surface area contributed by atoms with Gasteiger partial charge in [0.25, 0.3) is 0 Å².